The lowest BCUT2D eigenvalue weighted by molar-refractivity contribution is 0.342. The second-order valence-electron chi connectivity index (χ2n) is 4.92. The van der Waals surface area contributed by atoms with Gasteiger partial charge in [-0.05, 0) is 41.6 Å². The van der Waals surface area contributed by atoms with E-state index in [0.29, 0.717) is 12.5 Å². The van der Waals surface area contributed by atoms with E-state index in [-0.39, 0.29) is 6.04 Å². The zero-order chi connectivity index (χ0) is 14.1. The highest BCUT2D eigenvalue weighted by Crippen LogP contribution is 2.31. The summed E-state index contributed by atoms with van der Waals surface area (Å²) in [5.74, 6) is 0.623. The van der Waals surface area contributed by atoms with Gasteiger partial charge in [0.25, 0.3) is 0 Å². The van der Waals surface area contributed by atoms with E-state index < -0.39 is 0 Å². The van der Waals surface area contributed by atoms with Gasteiger partial charge in [0.1, 0.15) is 0 Å². The molecule has 2 aromatic rings. The Morgan fingerprint density at radius 1 is 1.45 bits per heavy atom. The zero-order valence-electron chi connectivity index (χ0n) is 11.2. The predicted molar refractivity (Wildman–Crippen MR) is 85.3 cm³/mol. The first-order valence-corrected chi connectivity index (χ1v) is 7.76. The number of hydrogen-bond donors (Lipinski definition) is 1. The van der Waals surface area contributed by atoms with Crippen LogP contribution in [0.4, 0.5) is 0 Å². The lowest BCUT2D eigenvalue weighted by Crippen LogP contribution is -2.35. The molecule has 2 heterocycles. The van der Waals surface area contributed by atoms with Gasteiger partial charge in [0.2, 0.25) is 0 Å². The fourth-order valence-corrected chi connectivity index (χ4v) is 3.50. The van der Waals surface area contributed by atoms with E-state index in [1.807, 2.05) is 12.1 Å². The fraction of sp³-hybridized carbons (Fsp3) is 0.267. The standard InChI is InChI=1S/C15H16ClN3S/c1-10-7-11(16)4-5-13(10)14-8-18-15(17)19(14)9-12-3-2-6-20-12/h2-7,14H,8-9H2,1H3,(H2,17,18). The monoisotopic (exact) mass is 305 g/mol. The largest absolute Gasteiger partial charge is 0.370 e. The smallest absolute Gasteiger partial charge is 0.192 e. The summed E-state index contributed by atoms with van der Waals surface area (Å²) in [4.78, 5) is 7.87. The van der Waals surface area contributed by atoms with Crippen LogP contribution in [-0.4, -0.2) is 17.4 Å². The molecular weight excluding hydrogens is 290 g/mol. The minimum Gasteiger partial charge on any atom is -0.370 e. The molecule has 1 aromatic carbocycles. The van der Waals surface area contributed by atoms with Crippen molar-refractivity contribution in [2.45, 2.75) is 19.5 Å². The first-order valence-electron chi connectivity index (χ1n) is 6.50. The molecule has 1 aliphatic rings. The van der Waals surface area contributed by atoms with Gasteiger partial charge in [0, 0.05) is 9.90 Å². The van der Waals surface area contributed by atoms with E-state index in [9.17, 15) is 0 Å². The number of benzene rings is 1. The molecule has 5 heteroatoms. The molecule has 0 amide bonds. The Morgan fingerprint density at radius 3 is 3.00 bits per heavy atom. The topological polar surface area (TPSA) is 41.6 Å². The van der Waals surface area contributed by atoms with E-state index in [2.05, 4.69) is 40.4 Å². The molecule has 1 aromatic heterocycles. The molecular formula is C15H16ClN3S. The molecule has 0 aliphatic carbocycles. The van der Waals surface area contributed by atoms with Crippen LogP contribution in [0.5, 0.6) is 0 Å². The van der Waals surface area contributed by atoms with Crippen LogP contribution in [0.3, 0.4) is 0 Å². The van der Waals surface area contributed by atoms with Crippen LogP contribution in [-0.2, 0) is 6.54 Å². The van der Waals surface area contributed by atoms with E-state index in [4.69, 9.17) is 17.3 Å². The summed E-state index contributed by atoms with van der Waals surface area (Å²) in [5.41, 5.74) is 8.49. The van der Waals surface area contributed by atoms with Crippen LogP contribution in [0.25, 0.3) is 0 Å². The highest BCUT2D eigenvalue weighted by atomic mass is 35.5. The van der Waals surface area contributed by atoms with E-state index >= 15 is 0 Å². The number of hydrogen-bond acceptors (Lipinski definition) is 4. The Kier molecular flexibility index (Phi) is 3.68. The molecule has 104 valence electrons. The molecule has 1 atom stereocenters. The second kappa shape index (κ2) is 5.46. The quantitative estimate of drug-likeness (QED) is 0.941. The number of guanidine groups is 1. The Labute approximate surface area is 127 Å². The van der Waals surface area contributed by atoms with Crippen molar-refractivity contribution >= 4 is 28.9 Å². The molecule has 3 nitrogen and oxygen atoms in total. The third-order valence-corrected chi connectivity index (χ3v) is 4.69. The number of halogens is 1. The van der Waals surface area contributed by atoms with Gasteiger partial charge in [-0.25, -0.2) is 0 Å². The molecule has 2 N–H and O–H groups in total. The van der Waals surface area contributed by atoms with Crippen LogP contribution in [0.2, 0.25) is 5.02 Å². The summed E-state index contributed by atoms with van der Waals surface area (Å²) in [5, 5.41) is 2.85. The van der Waals surface area contributed by atoms with E-state index in [0.717, 1.165) is 11.6 Å². The van der Waals surface area contributed by atoms with Gasteiger partial charge in [0.05, 0.1) is 19.1 Å². The van der Waals surface area contributed by atoms with E-state index in [1.54, 1.807) is 11.3 Å². The minimum atomic E-state index is 0.203. The molecule has 3 rings (SSSR count). The van der Waals surface area contributed by atoms with Gasteiger partial charge in [-0.2, -0.15) is 0 Å². The summed E-state index contributed by atoms with van der Waals surface area (Å²) < 4.78 is 0. The normalized spacial score (nSPS) is 18.4. The number of aryl methyl sites for hydroxylation is 1. The third-order valence-electron chi connectivity index (χ3n) is 3.59. The Balaban J connectivity index is 1.88. The average molecular weight is 306 g/mol. The molecule has 0 saturated carbocycles. The number of thiophene rings is 1. The van der Waals surface area contributed by atoms with Crippen LogP contribution in [0.1, 0.15) is 22.0 Å². The van der Waals surface area contributed by atoms with Gasteiger partial charge in [-0.15, -0.1) is 11.3 Å². The highest BCUT2D eigenvalue weighted by Gasteiger charge is 2.28. The van der Waals surface area contributed by atoms with Crippen LogP contribution >= 0.6 is 22.9 Å². The van der Waals surface area contributed by atoms with Crippen LogP contribution < -0.4 is 5.73 Å². The van der Waals surface area contributed by atoms with Gasteiger partial charge in [-0.3, -0.25) is 4.99 Å². The maximum atomic E-state index is 6.06. The second-order valence-corrected chi connectivity index (χ2v) is 6.39. The predicted octanol–water partition coefficient (Wildman–Crippen LogP) is 3.58. The van der Waals surface area contributed by atoms with Crippen molar-refractivity contribution in [3.63, 3.8) is 0 Å². The van der Waals surface area contributed by atoms with E-state index in [1.165, 1.54) is 16.0 Å². The minimum absolute atomic E-state index is 0.203. The number of nitrogens with two attached hydrogens (primary N) is 1. The van der Waals surface area contributed by atoms with Crippen molar-refractivity contribution in [3.05, 3.63) is 56.7 Å². The van der Waals surface area contributed by atoms with Crippen LogP contribution in [0, 0.1) is 6.92 Å². The number of aliphatic imine (C=N–C) groups is 1. The Bertz CT molecular complexity index is 637. The lowest BCUT2D eigenvalue weighted by atomic mass is 10.0. The maximum absolute atomic E-state index is 6.06. The van der Waals surface area contributed by atoms with Crippen LogP contribution in [0.15, 0.2) is 40.7 Å². The Hall–Kier alpha value is -1.52. The number of rotatable bonds is 3. The van der Waals surface area contributed by atoms with Crippen molar-refractivity contribution in [2.75, 3.05) is 6.54 Å². The van der Waals surface area contributed by atoms with Gasteiger partial charge in [-0.1, -0.05) is 23.7 Å². The SMILES string of the molecule is Cc1cc(Cl)ccc1C1CN=C(N)N1Cc1cccs1. The third kappa shape index (κ3) is 2.53. The fourth-order valence-electron chi connectivity index (χ4n) is 2.57. The van der Waals surface area contributed by atoms with Crippen molar-refractivity contribution in [1.82, 2.24) is 4.90 Å². The Morgan fingerprint density at radius 2 is 2.30 bits per heavy atom. The van der Waals surface area contributed by atoms with Gasteiger partial charge < -0.3 is 10.6 Å². The average Bonchev–Trinajstić information content (AvgIpc) is 3.03. The van der Waals surface area contributed by atoms with Gasteiger partial charge in [0.15, 0.2) is 5.96 Å². The summed E-state index contributed by atoms with van der Waals surface area (Å²) in [7, 11) is 0. The molecule has 20 heavy (non-hydrogen) atoms. The highest BCUT2D eigenvalue weighted by molar-refractivity contribution is 7.09. The number of nitrogens with zero attached hydrogens (tertiary/aromatic N) is 2. The molecule has 1 unspecified atom stereocenters. The summed E-state index contributed by atoms with van der Waals surface area (Å²) in [6.45, 7) is 3.60. The molecule has 0 fully saturated rings. The van der Waals surface area contributed by atoms with Crippen molar-refractivity contribution in [2.24, 2.45) is 10.7 Å². The zero-order valence-corrected chi connectivity index (χ0v) is 12.8. The summed E-state index contributed by atoms with van der Waals surface area (Å²) in [6, 6.07) is 10.4. The van der Waals surface area contributed by atoms with Gasteiger partial charge >= 0.3 is 0 Å². The summed E-state index contributed by atoms with van der Waals surface area (Å²) in [6.07, 6.45) is 0. The molecule has 0 bridgehead atoms. The first-order chi connectivity index (χ1) is 9.65. The molecule has 1 aliphatic heterocycles. The molecule has 0 saturated heterocycles. The van der Waals surface area contributed by atoms with Crippen molar-refractivity contribution in [1.29, 1.82) is 0 Å². The molecule has 0 spiro atoms. The molecule has 0 radical (unpaired) electrons. The van der Waals surface area contributed by atoms with Crippen molar-refractivity contribution in [3.8, 4) is 0 Å². The van der Waals surface area contributed by atoms with Crippen molar-refractivity contribution < 1.29 is 0 Å². The lowest BCUT2D eigenvalue weighted by Gasteiger charge is -2.27. The summed E-state index contributed by atoms with van der Waals surface area (Å²) >= 11 is 7.78. The maximum Gasteiger partial charge on any atom is 0.192 e. The first kappa shape index (κ1) is 13.5.